The van der Waals surface area contributed by atoms with Gasteiger partial charge in [0.1, 0.15) is 5.75 Å². The number of carbonyl (C=O) groups excluding carboxylic acids is 2. The Morgan fingerprint density at radius 1 is 1.33 bits per heavy atom. The Labute approximate surface area is 123 Å². The normalized spacial score (nSPS) is 12.6. The average molecular weight is 292 g/mol. The molecular weight excluding hydrogens is 272 g/mol. The molecule has 0 fully saturated rings. The lowest BCUT2D eigenvalue weighted by molar-refractivity contribution is -0.145. The van der Waals surface area contributed by atoms with Gasteiger partial charge in [-0.3, -0.25) is 9.59 Å². The second-order valence-electron chi connectivity index (χ2n) is 4.42. The molecule has 6 nitrogen and oxygen atoms in total. The minimum Gasteiger partial charge on any atom is -0.507 e. The van der Waals surface area contributed by atoms with Crippen molar-refractivity contribution in [3.05, 3.63) is 29.8 Å². The molecule has 0 saturated heterocycles. The Morgan fingerprint density at radius 3 is 2.57 bits per heavy atom. The van der Waals surface area contributed by atoms with Gasteiger partial charge in [0.2, 0.25) is 0 Å². The number of phenolic OH excluding ortho intramolecular Hbond substituents is 1. The summed E-state index contributed by atoms with van der Waals surface area (Å²) in [5, 5.41) is 13.5. The number of rotatable bonds is 6. The van der Waals surface area contributed by atoms with E-state index in [0.29, 0.717) is 18.7 Å². The third-order valence-electron chi connectivity index (χ3n) is 2.97. The molecule has 1 amide bonds. The number of amides is 1. The molecule has 0 aliphatic rings. The van der Waals surface area contributed by atoms with Gasteiger partial charge in [-0.1, -0.05) is 19.1 Å². The van der Waals surface area contributed by atoms with E-state index >= 15 is 0 Å². The van der Waals surface area contributed by atoms with Crippen LogP contribution in [0.25, 0.3) is 0 Å². The molecule has 0 heterocycles. The number of esters is 1. The number of nitrogens with one attached hydrogen (secondary N) is 1. The molecule has 0 spiro atoms. The fraction of sp³-hybridized carbons (Fsp3) is 0.400. The molecule has 6 heteroatoms. The van der Waals surface area contributed by atoms with Crippen molar-refractivity contribution in [2.45, 2.75) is 27.2 Å². The van der Waals surface area contributed by atoms with Gasteiger partial charge < -0.3 is 9.84 Å². The number of phenols is 1. The van der Waals surface area contributed by atoms with Crippen LogP contribution in [0.3, 0.4) is 0 Å². The van der Waals surface area contributed by atoms with Crippen LogP contribution in [0.5, 0.6) is 5.75 Å². The number of para-hydroxylation sites is 1. The van der Waals surface area contributed by atoms with E-state index in [4.69, 9.17) is 4.74 Å². The molecular formula is C15H20N2O4. The van der Waals surface area contributed by atoms with Crippen LogP contribution in [-0.4, -0.2) is 29.3 Å². The lowest BCUT2D eigenvalue weighted by Gasteiger charge is -2.13. The maximum absolute atomic E-state index is 11.9. The molecule has 0 aromatic heterocycles. The third-order valence-corrected chi connectivity index (χ3v) is 2.97. The van der Waals surface area contributed by atoms with Crippen molar-refractivity contribution in [3.63, 3.8) is 0 Å². The van der Waals surface area contributed by atoms with Gasteiger partial charge in [-0.05, 0) is 32.4 Å². The first kappa shape index (κ1) is 16.7. The molecule has 0 unspecified atom stereocenters. The summed E-state index contributed by atoms with van der Waals surface area (Å²) < 4.78 is 4.95. The van der Waals surface area contributed by atoms with Crippen molar-refractivity contribution >= 4 is 17.6 Å². The van der Waals surface area contributed by atoms with Gasteiger partial charge in [0.05, 0.1) is 18.1 Å². The predicted octanol–water partition coefficient (Wildman–Crippen LogP) is 2.09. The summed E-state index contributed by atoms with van der Waals surface area (Å²) in [5.41, 5.74) is 2.91. The van der Waals surface area contributed by atoms with Crippen molar-refractivity contribution in [1.29, 1.82) is 0 Å². The zero-order valence-corrected chi connectivity index (χ0v) is 12.4. The topological polar surface area (TPSA) is 88.0 Å². The van der Waals surface area contributed by atoms with Gasteiger partial charge in [-0.25, -0.2) is 5.43 Å². The van der Waals surface area contributed by atoms with Crippen molar-refractivity contribution < 1.29 is 19.4 Å². The number of hydrazone groups is 1. The van der Waals surface area contributed by atoms with Crippen molar-refractivity contribution in [1.82, 2.24) is 5.43 Å². The van der Waals surface area contributed by atoms with Gasteiger partial charge in [0, 0.05) is 5.71 Å². The Kier molecular flexibility index (Phi) is 6.39. The zero-order chi connectivity index (χ0) is 15.8. The highest BCUT2D eigenvalue weighted by atomic mass is 16.5. The lowest BCUT2D eigenvalue weighted by atomic mass is 10.0. The van der Waals surface area contributed by atoms with E-state index in [1.807, 2.05) is 6.92 Å². The summed E-state index contributed by atoms with van der Waals surface area (Å²) in [4.78, 5) is 23.6. The Hall–Kier alpha value is -2.37. The van der Waals surface area contributed by atoms with Gasteiger partial charge in [0.15, 0.2) is 0 Å². The zero-order valence-electron chi connectivity index (χ0n) is 12.4. The van der Waals surface area contributed by atoms with E-state index in [9.17, 15) is 14.7 Å². The Bertz CT molecular complexity index is 540. The third kappa shape index (κ3) is 4.59. The average Bonchev–Trinajstić information content (AvgIpc) is 2.46. The summed E-state index contributed by atoms with van der Waals surface area (Å²) in [6.45, 7) is 5.52. The van der Waals surface area contributed by atoms with Crippen LogP contribution in [0.2, 0.25) is 0 Å². The maximum atomic E-state index is 11.9. The smallest absolute Gasteiger partial charge is 0.314 e. The number of hydrogen-bond donors (Lipinski definition) is 2. The minimum atomic E-state index is -0.536. The highest BCUT2D eigenvalue weighted by Crippen LogP contribution is 2.15. The molecule has 21 heavy (non-hydrogen) atoms. The highest BCUT2D eigenvalue weighted by Gasteiger charge is 2.21. The van der Waals surface area contributed by atoms with Gasteiger partial charge in [-0.15, -0.1) is 0 Å². The largest absolute Gasteiger partial charge is 0.507 e. The molecule has 1 rings (SSSR count). The second kappa shape index (κ2) is 8.04. The van der Waals surface area contributed by atoms with Crippen molar-refractivity contribution in [2.24, 2.45) is 11.0 Å². The molecule has 2 N–H and O–H groups in total. The van der Waals surface area contributed by atoms with Crippen molar-refractivity contribution in [3.8, 4) is 5.75 Å². The first-order chi connectivity index (χ1) is 10.0. The molecule has 114 valence electrons. The van der Waals surface area contributed by atoms with Gasteiger partial charge >= 0.3 is 5.97 Å². The SMILES string of the molecule is CCOC(=O)[C@H](CC)/C(C)=N\NC(=O)c1ccccc1O. The standard InChI is InChI=1S/C15H20N2O4/c1-4-11(15(20)21-5-2)10(3)16-17-14(19)12-8-6-7-9-13(12)18/h6-9,11,18H,4-5H2,1-3H3,(H,17,19)/b16-10-/t11-/m1/s1. The summed E-state index contributed by atoms with van der Waals surface area (Å²) >= 11 is 0. The number of carbonyl (C=O) groups is 2. The highest BCUT2D eigenvalue weighted by molar-refractivity contribution is 6.02. The van der Waals surface area contributed by atoms with Gasteiger partial charge in [0.25, 0.3) is 5.91 Å². The molecule has 1 atom stereocenters. The Morgan fingerprint density at radius 2 is 2.00 bits per heavy atom. The van der Waals surface area contributed by atoms with Crippen LogP contribution >= 0.6 is 0 Å². The molecule has 0 radical (unpaired) electrons. The van der Waals surface area contributed by atoms with Crippen LogP contribution in [0.1, 0.15) is 37.6 Å². The number of hydrogen-bond acceptors (Lipinski definition) is 5. The maximum Gasteiger partial charge on any atom is 0.314 e. The van der Waals surface area contributed by atoms with E-state index in [1.54, 1.807) is 26.0 Å². The molecule has 1 aromatic carbocycles. The first-order valence-electron chi connectivity index (χ1n) is 6.80. The van der Waals surface area contributed by atoms with E-state index in [2.05, 4.69) is 10.5 Å². The van der Waals surface area contributed by atoms with E-state index in [-0.39, 0.29) is 17.3 Å². The van der Waals surface area contributed by atoms with E-state index in [1.165, 1.54) is 12.1 Å². The lowest BCUT2D eigenvalue weighted by Crippen LogP contribution is -2.27. The number of nitrogens with zero attached hydrogens (tertiary/aromatic N) is 1. The number of aromatic hydroxyl groups is 1. The monoisotopic (exact) mass is 292 g/mol. The van der Waals surface area contributed by atoms with Gasteiger partial charge in [-0.2, -0.15) is 5.10 Å². The van der Waals surface area contributed by atoms with Crippen LogP contribution in [-0.2, 0) is 9.53 Å². The van der Waals surface area contributed by atoms with E-state index < -0.39 is 11.8 Å². The van der Waals surface area contributed by atoms with Crippen LogP contribution in [0.15, 0.2) is 29.4 Å². The minimum absolute atomic E-state index is 0.123. The summed E-state index contributed by atoms with van der Waals surface area (Å²) in [7, 11) is 0. The van der Waals surface area contributed by atoms with Crippen LogP contribution in [0.4, 0.5) is 0 Å². The summed E-state index contributed by atoms with van der Waals surface area (Å²) in [6.07, 6.45) is 0.528. The fourth-order valence-electron chi connectivity index (χ4n) is 1.82. The molecule has 0 saturated carbocycles. The number of ether oxygens (including phenoxy) is 1. The molecule has 0 aliphatic carbocycles. The second-order valence-corrected chi connectivity index (χ2v) is 4.42. The van der Waals surface area contributed by atoms with E-state index in [0.717, 1.165) is 0 Å². The fourth-order valence-corrected chi connectivity index (χ4v) is 1.82. The molecule has 0 bridgehead atoms. The Balaban J connectivity index is 2.76. The summed E-state index contributed by atoms with van der Waals surface area (Å²) in [6, 6.07) is 6.16. The predicted molar refractivity (Wildman–Crippen MR) is 79.1 cm³/mol. The number of benzene rings is 1. The van der Waals surface area contributed by atoms with Crippen LogP contribution in [0, 0.1) is 5.92 Å². The molecule has 0 aliphatic heterocycles. The molecule has 1 aromatic rings. The quantitative estimate of drug-likeness (QED) is 0.477. The van der Waals surface area contributed by atoms with Crippen LogP contribution < -0.4 is 5.43 Å². The summed E-state index contributed by atoms with van der Waals surface area (Å²) in [5.74, 6) is -1.51. The first-order valence-corrected chi connectivity index (χ1v) is 6.80. The van der Waals surface area contributed by atoms with Crippen molar-refractivity contribution in [2.75, 3.05) is 6.61 Å².